The number of aryl methyl sites for hydroxylation is 1. The second-order valence-corrected chi connectivity index (χ2v) is 13.6. The third-order valence-corrected chi connectivity index (χ3v) is 10.6. The summed E-state index contributed by atoms with van der Waals surface area (Å²) in [4.78, 5) is 20.6. The van der Waals surface area contributed by atoms with Crippen LogP contribution in [0.1, 0.15) is 47.3 Å². The van der Waals surface area contributed by atoms with Gasteiger partial charge in [0.05, 0.1) is 40.8 Å². The van der Waals surface area contributed by atoms with E-state index in [1.807, 2.05) is 0 Å². The number of ketones is 1. The molecule has 1 aliphatic carbocycles. The van der Waals surface area contributed by atoms with Crippen LogP contribution in [0.4, 0.5) is 24.7 Å². The predicted octanol–water partition coefficient (Wildman–Crippen LogP) is 5.79. The number of nitrogens with two attached hydrogens (primary N) is 1. The molecule has 1 saturated carbocycles. The maximum Gasteiger partial charge on any atom is 0.235 e. The Labute approximate surface area is 255 Å². The van der Waals surface area contributed by atoms with Crippen molar-refractivity contribution in [2.24, 2.45) is 5.41 Å². The third kappa shape index (κ3) is 4.89. The predicted molar refractivity (Wildman–Crippen MR) is 161 cm³/mol. The van der Waals surface area contributed by atoms with Gasteiger partial charge in [-0.25, -0.2) is 31.3 Å². The Morgan fingerprint density at radius 1 is 1.02 bits per heavy atom. The van der Waals surface area contributed by atoms with Crippen LogP contribution >= 0.6 is 0 Å². The van der Waals surface area contributed by atoms with Gasteiger partial charge >= 0.3 is 0 Å². The first-order valence-electron chi connectivity index (χ1n) is 14.2. The summed E-state index contributed by atoms with van der Waals surface area (Å²) in [6.07, 6.45) is 6.13. The fourth-order valence-electron chi connectivity index (χ4n) is 6.39. The second-order valence-electron chi connectivity index (χ2n) is 11.7. The quantitative estimate of drug-likeness (QED) is 0.225. The standard InChI is InChI=1S/C31H27F3N6O4S/c1-17-9-27(44-29-20(32)5-4-6-21(29)33)36-14-26(17)40-30(35)19(13-37-40)28(41)24-11-18-10-22(34)25(12-23(18)38-24)39-15-31(7-2-3-8-31)16-45(39,42)43/h4-6,9-14,38H,2-3,7-8,15-16,35H2,1H3. The molecule has 0 atom stereocenters. The van der Waals surface area contributed by atoms with E-state index in [1.54, 1.807) is 6.92 Å². The Kier molecular flexibility index (Phi) is 6.65. The molecule has 14 heteroatoms. The number of hydrogen-bond acceptors (Lipinski definition) is 7. The smallest absolute Gasteiger partial charge is 0.235 e. The van der Waals surface area contributed by atoms with E-state index in [0.717, 1.165) is 42.1 Å². The molecule has 7 rings (SSSR count). The zero-order chi connectivity index (χ0) is 31.7. The fourth-order valence-corrected chi connectivity index (χ4v) is 8.61. The molecule has 0 amide bonds. The van der Waals surface area contributed by atoms with Crippen molar-refractivity contribution >= 4 is 38.2 Å². The summed E-state index contributed by atoms with van der Waals surface area (Å²) in [5.74, 6) is -3.63. The fraction of sp³-hybridized carbons (Fsp3) is 0.258. The number of nitrogens with one attached hydrogen (secondary N) is 1. The molecule has 1 saturated heterocycles. The molecule has 5 aromatic rings. The minimum absolute atomic E-state index is 0.00405. The topological polar surface area (TPSA) is 136 Å². The SMILES string of the molecule is Cc1cc(Oc2c(F)cccc2F)ncc1-n1ncc(C(=O)c2cc3cc(F)c(N4CC5(CCCC5)CS4(=O)=O)cc3[nH]2)c1N. The van der Waals surface area contributed by atoms with Gasteiger partial charge in [0.25, 0.3) is 0 Å². The third-order valence-electron chi connectivity index (χ3n) is 8.63. The number of pyridine rings is 1. The average Bonchev–Trinajstić information content (AvgIpc) is 3.76. The second kappa shape index (κ2) is 10.4. The number of carbonyl (C=O) groups is 1. The van der Waals surface area contributed by atoms with Crippen LogP contribution in [-0.4, -0.2) is 46.2 Å². The lowest BCUT2D eigenvalue weighted by Crippen LogP contribution is -2.27. The van der Waals surface area contributed by atoms with Crippen LogP contribution in [0, 0.1) is 29.8 Å². The highest BCUT2D eigenvalue weighted by molar-refractivity contribution is 7.93. The molecule has 10 nitrogen and oxygen atoms in total. The van der Waals surface area contributed by atoms with Crippen LogP contribution in [0.25, 0.3) is 16.6 Å². The summed E-state index contributed by atoms with van der Waals surface area (Å²) in [6.45, 7) is 1.92. The van der Waals surface area contributed by atoms with E-state index in [2.05, 4.69) is 15.1 Å². The Bertz CT molecular complexity index is 2100. The minimum Gasteiger partial charge on any atom is -0.433 e. The molecule has 45 heavy (non-hydrogen) atoms. The number of fused-ring (bicyclic) bond motifs is 1. The molecule has 3 aromatic heterocycles. The molecule has 2 aliphatic rings. The number of halogens is 3. The van der Waals surface area contributed by atoms with Gasteiger partial charge in [0, 0.05) is 28.9 Å². The number of nitrogens with zero attached hydrogens (tertiary/aromatic N) is 4. The van der Waals surface area contributed by atoms with Crippen LogP contribution in [0.2, 0.25) is 0 Å². The van der Waals surface area contributed by atoms with Crippen molar-refractivity contribution in [3.8, 4) is 17.3 Å². The highest BCUT2D eigenvalue weighted by Gasteiger charge is 2.49. The van der Waals surface area contributed by atoms with Crippen LogP contribution < -0.4 is 14.8 Å². The van der Waals surface area contributed by atoms with Gasteiger partial charge in [-0.1, -0.05) is 18.9 Å². The van der Waals surface area contributed by atoms with Crippen molar-refractivity contribution < 1.29 is 31.1 Å². The molecule has 2 aromatic carbocycles. The van der Waals surface area contributed by atoms with E-state index >= 15 is 4.39 Å². The number of anilines is 2. The van der Waals surface area contributed by atoms with E-state index < -0.39 is 39.0 Å². The van der Waals surface area contributed by atoms with Crippen LogP contribution in [0.15, 0.2) is 54.9 Å². The lowest BCUT2D eigenvalue weighted by molar-refractivity contribution is 0.103. The Hall–Kier alpha value is -4.85. The van der Waals surface area contributed by atoms with Gasteiger partial charge < -0.3 is 15.5 Å². The number of benzene rings is 2. The summed E-state index contributed by atoms with van der Waals surface area (Å²) >= 11 is 0. The number of hydrogen-bond donors (Lipinski definition) is 2. The zero-order valence-corrected chi connectivity index (χ0v) is 24.8. The normalized spacial score (nSPS) is 17.0. The number of carbonyl (C=O) groups excluding carboxylic acids is 1. The Balaban J connectivity index is 1.16. The number of rotatable bonds is 6. The molecular formula is C31H27F3N6O4S. The number of sulfonamides is 1. The summed E-state index contributed by atoms with van der Waals surface area (Å²) < 4.78 is 77.2. The van der Waals surface area contributed by atoms with E-state index in [1.165, 1.54) is 47.4 Å². The number of aromatic nitrogens is 4. The van der Waals surface area contributed by atoms with Gasteiger partial charge in [0.2, 0.25) is 27.4 Å². The lowest BCUT2D eigenvalue weighted by Gasteiger charge is -2.22. The summed E-state index contributed by atoms with van der Waals surface area (Å²) in [5.41, 5.74) is 7.41. The van der Waals surface area contributed by atoms with Crippen molar-refractivity contribution in [3.05, 3.63) is 89.1 Å². The van der Waals surface area contributed by atoms with Gasteiger partial charge in [-0.05, 0) is 55.7 Å². The van der Waals surface area contributed by atoms with Gasteiger partial charge in [0.1, 0.15) is 11.6 Å². The monoisotopic (exact) mass is 636 g/mol. The van der Waals surface area contributed by atoms with Gasteiger partial charge in [-0.3, -0.25) is 9.10 Å². The van der Waals surface area contributed by atoms with Crippen LogP contribution in [0.3, 0.4) is 0 Å². The molecule has 4 heterocycles. The zero-order valence-electron chi connectivity index (χ0n) is 24.0. The largest absolute Gasteiger partial charge is 0.433 e. The van der Waals surface area contributed by atoms with E-state index in [4.69, 9.17) is 10.5 Å². The summed E-state index contributed by atoms with van der Waals surface area (Å²) in [5, 5.41) is 4.63. The molecule has 3 N–H and O–H groups in total. The first-order valence-corrected chi connectivity index (χ1v) is 15.9. The first-order chi connectivity index (χ1) is 21.4. The van der Waals surface area contributed by atoms with E-state index in [0.29, 0.717) is 22.2 Å². The van der Waals surface area contributed by atoms with Gasteiger partial charge in [-0.15, -0.1) is 0 Å². The molecule has 0 bridgehead atoms. The molecule has 0 radical (unpaired) electrons. The maximum atomic E-state index is 15.3. The van der Waals surface area contributed by atoms with Gasteiger partial charge in [-0.2, -0.15) is 5.10 Å². The molecule has 232 valence electrons. The van der Waals surface area contributed by atoms with Crippen molar-refractivity contribution in [2.45, 2.75) is 32.6 Å². The number of para-hydroxylation sites is 1. The van der Waals surface area contributed by atoms with Crippen molar-refractivity contribution in [1.29, 1.82) is 0 Å². The van der Waals surface area contributed by atoms with E-state index in [-0.39, 0.29) is 46.4 Å². The maximum absolute atomic E-state index is 15.3. The minimum atomic E-state index is -3.69. The molecule has 1 spiro atoms. The molecule has 0 unspecified atom stereocenters. The Morgan fingerprint density at radius 2 is 1.76 bits per heavy atom. The van der Waals surface area contributed by atoms with Crippen molar-refractivity contribution in [2.75, 3.05) is 22.3 Å². The summed E-state index contributed by atoms with van der Waals surface area (Å²) in [6, 6.07) is 8.90. The summed E-state index contributed by atoms with van der Waals surface area (Å²) in [7, 11) is -3.69. The first kappa shape index (κ1) is 28.9. The number of nitrogen functional groups attached to an aromatic ring is 1. The number of aromatic amines is 1. The lowest BCUT2D eigenvalue weighted by atomic mass is 9.88. The number of H-pyrrole nitrogens is 1. The molecular weight excluding hydrogens is 609 g/mol. The molecule has 1 aliphatic heterocycles. The Morgan fingerprint density at radius 3 is 2.47 bits per heavy atom. The highest BCUT2D eigenvalue weighted by Crippen LogP contribution is 2.47. The van der Waals surface area contributed by atoms with Crippen molar-refractivity contribution in [1.82, 2.24) is 19.7 Å². The average molecular weight is 637 g/mol. The number of ether oxygens (including phenoxy) is 1. The molecule has 2 fully saturated rings. The highest BCUT2D eigenvalue weighted by atomic mass is 32.2. The van der Waals surface area contributed by atoms with Crippen molar-refractivity contribution in [3.63, 3.8) is 0 Å². The van der Waals surface area contributed by atoms with Gasteiger partial charge in [0.15, 0.2) is 11.6 Å². The van der Waals surface area contributed by atoms with Crippen LogP contribution in [-0.2, 0) is 10.0 Å². The van der Waals surface area contributed by atoms with Crippen LogP contribution in [0.5, 0.6) is 11.6 Å². The van der Waals surface area contributed by atoms with E-state index in [9.17, 15) is 22.0 Å².